The fourth-order valence-corrected chi connectivity index (χ4v) is 1.24. The first-order valence-corrected chi connectivity index (χ1v) is 4.74. The van der Waals surface area contributed by atoms with E-state index >= 15 is 0 Å². The van der Waals surface area contributed by atoms with E-state index in [1.54, 1.807) is 0 Å². The summed E-state index contributed by atoms with van der Waals surface area (Å²) in [5.41, 5.74) is 2.38. The fraction of sp³-hybridized carbons (Fsp3) is 0.700. The van der Waals surface area contributed by atoms with E-state index in [1.807, 2.05) is 6.92 Å². The molecule has 74 valence electrons. The van der Waals surface area contributed by atoms with Crippen LogP contribution >= 0.6 is 0 Å². The molecule has 0 amide bonds. The number of aryl methyl sites for hydroxylation is 1. The van der Waals surface area contributed by atoms with Crippen molar-refractivity contribution in [3.8, 4) is 0 Å². The lowest BCUT2D eigenvalue weighted by atomic mass is 10.4. The molecule has 3 heteroatoms. The van der Waals surface area contributed by atoms with Crippen LogP contribution in [0.15, 0.2) is 0 Å². The maximum atomic E-state index is 4.48. The molecule has 0 bridgehead atoms. The molecule has 1 aromatic heterocycles. The van der Waals surface area contributed by atoms with Gasteiger partial charge in [0.15, 0.2) is 0 Å². The molecule has 0 aliphatic heterocycles. The van der Waals surface area contributed by atoms with Crippen molar-refractivity contribution in [1.82, 2.24) is 14.9 Å². The van der Waals surface area contributed by atoms with Crippen molar-refractivity contribution in [2.24, 2.45) is 7.05 Å². The van der Waals surface area contributed by atoms with E-state index in [0.717, 1.165) is 18.1 Å². The third-order valence-electron chi connectivity index (χ3n) is 2.38. The van der Waals surface area contributed by atoms with Crippen LogP contribution in [0.1, 0.15) is 31.1 Å². The SMILES string of the molecule is Cc1nc(CNC(C)C)n(C)c1C. The Morgan fingerprint density at radius 3 is 2.38 bits per heavy atom. The summed E-state index contributed by atoms with van der Waals surface area (Å²) >= 11 is 0. The molecule has 0 aliphatic rings. The lowest BCUT2D eigenvalue weighted by molar-refractivity contribution is 0.560. The Hall–Kier alpha value is -0.830. The van der Waals surface area contributed by atoms with Gasteiger partial charge in [-0.2, -0.15) is 0 Å². The topological polar surface area (TPSA) is 29.9 Å². The summed E-state index contributed by atoms with van der Waals surface area (Å²) in [4.78, 5) is 4.48. The first kappa shape index (κ1) is 10.3. The second-order valence-corrected chi connectivity index (χ2v) is 3.79. The highest BCUT2D eigenvalue weighted by Gasteiger charge is 2.06. The van der Waals surface area contributed by atoms with Crippen molar-refractivity contribution in [3.63, 3.8) is 0 Å². The molecule has 0 spiro atoms. The van der Waals surface area contributed by atoms with Crippen LogP contribution < -0.4 is 5.32 Å². The van der Waals surface area contributed by atoms with Crippen LogP contribution in [0, 0.1) is 13.8 Å². The van der Waals surface area contributed by atoms with Crippen LogP contribution in [0.5, 0.6) is 0 Å². The van der Waals surface area contributed by atoms with Gasteiger partial charge in [-0.25, -0.2) is 4.98 Å². The Kier molecular flexibility index (Phi) is 3.09. The predicted octanol–water partition coefficient (Wildman–Crippen LogP) is 1.53. The van der Waals surface area contributed by atoms with E-state index in [9.17, 15) is 0 Å². The number of nitrogens with one attached hydrogen (secondary N) is 1. The smallest absolute Gasteiger partial charge is 0.122 e. The summed E-state index contributed by atoms with van der Waals surface area (Å²) in [5.74, 6) is 1.11. The zero-order valence-electron chi connectivity index (χ0n) is 9.18. The highest BCUT2D eigenvalue weighted by molar-refractivity contribution is 5.13. The van der Waals surface area contributed by atoms with Crippen LogP contribution in [0.2, 0.25) is 0 Å². The molecule has 1 N–H and O–H groups in total. The summed E-state index contributed by atoms with van der Waals surface area (Å²) in [6.45, 7) is 9.28. The maximum absolute atomic E-state index is 4.48. The first-order valence-electron chi connectivity index (χ1n) is 4.74. The van der Waals surface area contributed by atoms with Gasteiger partial charge >= 0.3 is 0 Å². The molecular formula is C10H19N3. The van der Waals surface area contributed by atoms with E-state index in [1.165, 1.54) is 5.69 Å². The Morgan fingerprint density at radius 2 is 2.00 bits per heavy atom. The van der Waals surface area contributed by atoms with Crippen LogP contribution in [-0.4, -0.2) is 15.6 Å². The Labute approximate surface area is 80.2 Å². The molecule has 0 fully saturated rings. The van der Waals surface area contributed by atoms with Gasteiger partial charge in [-0.15, -0.1) is 0 Å². The summed E-state index contributed by atoms with van der Waals surface area (Å²) in [7, 11) is 2.06. The highest BCUT2D eigenvalue weighted by Crippen LogP contribution is 2.07. The van der Waals surface area contributed by atoms with Gasteiger partial charge in [0, 0.05) is 18.8 Å². The van der Waals surface area contributed by atoms with Crippen LogP contribution in [-0.2, 0) is 13.6 Å². The van der Waals surface area contributed by atoms with Crippen LogP contribution in [0.4, 0.5) is 0 Å². The molecule has 0 atom stereocenters. The minimum Gasteiger partial charge on any atom is -0.334 e. The molecule has 1 heterocycles. The van der Waals surface area contributed by atoms with Crippen molar-refractivity contribution < 1.29 is 0 Å². The number of hydrogen-bond acceptors (Lipinski definition) is 2. The van der Waals surface area contributed by atoms with Crippen molar-refractivity contribution in [2.45, 2.75) is 40.3 Å². The van der Waals surface area contributed by atoms with Gasteiger partial charge in [-0.05, 0) is 13.8 Å². The lowest BCUT2D eigenvalue weighted by Gasteiger charge is -2.07. The largest absolute Gasteiger partial charge is 0.334 e. The van der Waals surface area contributed by atoms with Gasteiger partial charge in [0.05, 0.1) is 12.2 Å². The molecule has 0 unspecified atom stereocenters. The Balaban J connectivity index is 2.72. The first-order chi connectivity index (χ1) is 6.02. The molecule has 13 heavy (non-hydrogen) atoms. The molecule has 1 rings (SSSR count). The van der Waals surface area contributed by atoms with Gasteiger partial charge in [-0.3, -0.25) is 0 Å². The normalized spacial score (nSPS) is 11.2. The number of imidazole rings is 1. The number of hydrogen-bond donors (Lipinski definition) is 1. The molecule has 1 aromatic rings. The van der Waals surface area contributed by atoms with E-state index in [2.05, 4.69) is 42.7 Å². The van der Waals surface area contributed by atoms with E-state index in [-0.39, 0.29) is 0 Å². The third-order valence-corrected chi connectivity index (χ3v) is 2.38. The zero-order chi connectivity index (χ0) is 10.0. The monoisotopic (exact) mass is 181 g/mol. The minimum absolute atomic E-state index is 0.511. The third kappa shape index (κ3) is 2.31. The van der Waals surface area contributed by atoms with E-state index in [0.29, 0.717) is 6.04 Å². The Morgan fingerprint density at radius 1 is 1.38 bits per heavy atom. The van der Waals surface area contributed by atoms with E-state index in [4.69, 9.17) is 0 Å². The summed E-state index contributed by atoms with van der Waals surface area (Å²) in [5, 5.41) is 3.36. The number of rotatable bonds is 3. The van der Waals surface area contributed by atoms with Crippen molar-refractivity contribution in [3.05, 3.63) is 17.2 Å². The molecule has 0 saturated carbocycles. The van der Waals surface area contributed by atoms with Gasteiger partial charge in [0.25, 0.3) is 0 Å². The van der Waals surface area contributed by atoms with E-state index < -0.39 is 0 Å². The maximum Gasteiger partial charge on any atom is 0.122 e. The van der Waals surface area contributed by atoms with Crippen LogP contribution in [0.25, 0.3) is 0 Å². The number of aromatic nitrogens is 2. The average molecular weight is 181 g/mol. The Bertz CT molecular complexity index is 287. The quantitative estimate of drug-likeness (QED) is 0.766. The van der Waals surface area contributed by atoms with Crippen molar-refractivity contribution in [2.75, 3.05) is 0 Å². The molecular weight excluding hydrogens is 162 g/mol. The van der Waals surface area contributed by atoms with Gasteiger partial charge in [0.1, 0.15) is 5.82 Å². The van der Waals surface area contributed by atoms with Gasteiger partial charge < -0.3 is 9.88 Å². The second kappa shape index (κ2) is 3.92. The number of nitrogens with zero attached hydrogens (tertiary/aromatic N) is 2. The standard InChI is InChI=1S/C10H19N3/c1-7(2)11-6-10-12-8(3)9(4)13(10)5/h7,11H,6H2,1-5H3. The van der Waals surface area contributed by atoms with Gasteiger partial charge in [0.2, 0.25) is 0 Å². The summed E-state index contributed by atoms with van der Waals surface area (Å²) < 4.78 is 2.14. The second-order valence-electron chi connectivity index (χ2n) is 3.79. The lowest BCUT2D eigenvalue weighted by Crippen LogP contribution is -2.23. The molecule has 3 nitrogen and oxygen atoms in total. The van der Waals surface area contributed by atoms with Crippen molar-refractivity contribution in [1.29, 1.82) is 0 Å². The van der Waals surface area contributed by atoms with Crippen LogP contribution in [0.3, 0.4) is 0 Å². The highest BCUT2D eigenvalue weighted by atomic mass is 15.1. The van der Waals surface area contributed by atoms with Gasteiger partial charge in [-0.1, -0.05) is 13.8 Å². The molecule has 0 aromatic carbocycles. The average Bonchev–Trinajstić information content (AvgIpc) is 2.29. The molecule has 0 saturated heterocycles. The zero-order valence-corrected chi connectivity index (χ0v) is 9.18. The predicted molar refractivity (Wildman–Crippen MR) is 54.7 cm³/mol. The van der Waals surface area contributed by atoms with Crippen molar-refractivity contribution >= 4 is 0 Å². The summed E-state index contributed by atoms with van der Waals surface area (Å²) in [6.07, 6.45) is 0. The molecule has 0 radical (unpaired) electrons. The fourth-order valence-electron chi connectivity index (χ4n) is 1.24. The minimum atomic E-state index is 0.511. The molecule has 0 aliphatic carbocycles. The summed E-state index contributed by atoms with van der Waals surface area (Å²) in [6, 6.07) is 0.511.